The number of nitrogens with zero attached hydrogens (tertiary/aromatic N) is 2. The van der Waals surface area contributed by atoms with Crippen molar-refractivity contribution in [2.24, 2.45) is 5.41 Å². The molecule has 3 aromatic rings. The molecule has 0 unspecified atom stereocenters. The summed E-state index contributed by atoms with van der Waals surface area (Å²) in [6, 6.07) is 9.66. The van der Waals surface area contributed by atoms with Gasteiger partial charge in [0.25, 0.3) is 11.5 Å². The Hall–Kier alpha value is -3.56. The van der Waals surface area contributed by atoms with Gasteiger partial charge in [-0.25, -0.2) is 10.5 Å². The maximum Gasteiger partial charge on any atom is 0.274 e. The zero-order chi connectivity index (χ0) is 22.0. The third-order valence-electron chi connectivity index (χ3n) is 5.79. The molecule has 4 rings (SSSR count). The van der Waals surface area contributed by atoms with Crippen LogP contribution in [0.15, 0.2) is 53.6 Å². The van der Waals surface area contributed by atoms with Crippen LogP contribution in [0, 0.1) is 5.41 Å². The minimum atomic E-state index is -0.697. The van der Waals surface area contributed by atoms with Crippen molar-refractivity contribution in [3.05, 3.63) is 64.7 Å². The van der Waals surface area contributed by atoms with E-state index < -0.39 is 11.3 Å². The molecule has 4 N–H and O–H groups in total. The van der Waals surface area contributed by atoms with Crippen molar-refractivity contribution in [2.75, 3.05) is 18.4 Å². The lowest BCUT2D eigenvalue weighted by molar-refractivity contribution is -0.126. The molecule has 0 radical (unpaired) electrons. The summed E-state index contributed by atoms with van der Waals surface area (Å²) >= 11 is 0. The monoisotopic (exact) mass is 421 g/mol. The zero-order valence-electron chi connectivity index (χ0n) is 17.0. The lowest BCUT2D eigenvalue weighted by Crippen LogP contribution is -2.43. The predicted molar refractivity (Wildman–Crippen MR) is 115 cm³/mol. The molecule has 0 aliphatic carbocycles. The number of hydrogen-bond donors (Lipinski definition) is 4. The van der Waals surface area contributed by atoms with E-state index in [1.165, 1.54) is 22.9 Å². The van der Waals surface area contributed by atoms with Crippen LogP contribution in [0.4, 0.5) is 5.82 Å². The van der Waals surface area contributed by atoms with Crippen LogP contribution >= 0.6 is 0 Å². The third-order valence-corrected chi connectivity index (χ3v) is 5.79. The average molecular weight is 421 g/mol. The second-order valence-electron chi connectivity index (χ2n) is 7.90. The fourth-order valence-corrected chi connectivity index (χ4v) is 3.76. The number of aromatic nitrogens is 2. The molecule has 160 valence electrons. The molecule has 0 spiro atoms. The summed E-state index contributed by atoms with van der Waals surface area (Å²) in [6.45, 7) is 3.53. The average Bonchev–Trinajstić information content (AvgIpc) is 2.79. The molecule has 1 fully saturated rings. The van der Waals surface area contributed by atoms with Gasteiger partial charge < -0.3 is 10.6 Å². The van der Waals surface area contributed by atoms with Gasteiger partial charge in [-0.05, 0) is 55.6 Å². The molecule has 1 aliphatic heterocycles. The smallest absolute Gasteiger partial charge is 0.274 e. The van der Waals surface area contributed by atoms with Crippen molar-refractivity contribution in [3.63, 3.8) is 0 Å². The first-order valence-electron chi connectivity index (χ1n) is 10.00. The molecule has 9 nitrogen and oxygen atoms in total. The Kier molecular flexibility index (Phi) is 5.53. The molecule has 1 saturated heterocycles. The summed E-state index contributed by atoms with van der Waals surface area (Å²) in [5.74, 6) is -0.427. The number of anilines is 1. The van der Waals surface area contributed by atoms with Crippen LogP contribution in [0.1, 0.15) is 30.1 Å². The molecule has 9 heteroatoms. The van der Waals surface area contributed by atoms with Crippen LogP contribution in [0.5, 0.6) is 0 Å². The fourth-order valence-electron chi connectivity index (χ4n) is 3.76. The third kappa shape index (κ3) is 4.05. The molecule has 0 atom stereocenters. The number of benzene rings is 1. The number of carbonyl (C=O) groups is 2. The molecule has 1 aromatic carbocycles. The van der Waals surface area contributed by atoms with Crippen molar-refractivity contribution in [1.29, 1.82) is 0 Å². The highest BCUT2D eigenvalue weighted by Crippen LogP contribution is 2.29. The van der Waals surface area contributed by atoms with E-state index in [2.05, 4.69) is 15.6 Å². The maximum atomic E-state index is 13.1. The highest BCUT2D eigenvalue weighted by Gasteiger charge is 2.34. The molecule has 0 bridgehead atoms. The van der Waals surface area contributed by atoms with Crippen LogP contribution in [0.2, 0.25) is 0 Å². The van der Waals surface area contributed by atoms with Gasteiger partial charge in [0.05, 0.1) is 5.69 Å². The molecular formula is C22H23N5O4. The van der Waals surface area contributed by atoms with Gasteiger partial charge in [0.1, 0.15) is 5.82 Å². The maximum absolute atomic E-state index is 13.1. The Morgan fingerprint density at radius 3 is 2.68 bits per heavy atom. The lowest BCUT2D eigenvalue weighted by atomic mass is 9.80. The Labute approximate surface area is 178 Å². The largest absolute Gasteiger partial charge is 0.317 e. The zero-order valence-corrected chi connectivity index (χ0v) is 17.0. The summed E-state index contributed by atoms with van der Waals surface area (Å²) in [7, 11) is 0. The van der Waals surface area contributed by atoms with E-state index in [0.717, 1.165) is 25.9 Å². The minimum Gasteiger partial charge on any atom is -0.317 e. The highest BCUT2D eigenvalue weighted by molar-refractivity contribution is 5.98. The number of amides is 2. The second-order valence-corrected chi connectivity index (χ2v) is 7.90. The van der Waals surface area contributed by atoms with E-state index in [-0.39, 0.29) is 17.0 Å². The van der Waals surface area contributed by atoms with Crippen LogP contribution < -0.4 is 21.7 Å². The number of hydrogen-bond acceptors (Lipinski definition) is 6. The summed E-state index contributed by atoms with van der Waals surface area (Å²) < 4.78 is 1.42. The van der Waals surface area contributed by atoms with E-state index in [9.17, 15) is 14.4 Å². The number of piperidine rings is 1. The van der Waals surface area contributed by atoms with Crippen LogP contribution in [0.3, 0.4) is 0 Å². The van der Waals surface area contributed by atoms with Gasteiger partial charge in [-0.15, -0.1) is 0 Å². The van der Waals surface area contributed by atoms with Crippen molar-refractivity contribution in [3.8, 4) is 5.69 Å². The molecule has 2 aromatic heterocycles. The van der Waals surface area contributed by atoms with Crippen LogP contribution in [0.25, 0.3) is 16.5 Å². The first-order valence-corrected chi connectivity index (χ1v) is 10.00. The van der Waals surface area contributed by atoms with Gasteiger partial charge in [-0.1, -0.05) is 13.0 Å². The van der Waals surface area contributed by atoms with Gasteiger partial charge in [-0.3, -0.25) is 24.2 Å². The van der Waals surface area contributed by atoms with Gasteiger partial charge >= 0.3 is 0 Å². The van der Waals surface area contributed by atoms with E-state index in [1.54, 1.807) is 35.9 Å². The Balaban J connectivity index is 1.67. The Morgan fingerprint density at radius 2 is 1.94 bits per heavy atom. The van der Waals surface area contributed by atoms with Crippen molar-refractivity contribution in [2.45, 2.75) is 19.8 Å². The summed E-state index contributed by atoms with van der Waals surface area (Å²) in [5, 5.41) is 16.0. The molecular weight excluding hydrogens is 398 g/mol. The quantitative estimate of drug-likeness (QED) is 0.376. The van der Waals surface area contributed by atoms with E-state index in [1.807, 2.05) is 6.92 Å². The van der Waals surface area contributed by atoms with Gasteiger partial charge in [0.15, 0.2) is 0 Å². The van der Waals surface area contributed by atoms with Gasteiger partial charge in [0.2, 0.25) is 5.91 Å². The lowest BCUT2D eigenvalue weighted by Gasteiger charge is -2.32. The fraction of sp³-hybridized carbons (Fsp3) is 0.273. The first kappa shape index (κ1) is 20.7. The number of pyridine rings is 2. The Morgan fingerprint density at radius 1 is 1.16 bits per heavy atom. The standard InChI is InChI=1S/C22H23N5O4/c1-22(6-9-23-10-7-22)21(30)25-18-13-16(4-8-24-18)27-11-5-14-2-3-15(19(28)26-31)12-17(14)20(27)29/h2-5,8,11-13,23,31H,6-7,9-10H2,1H3,(H,26,28)(H,24,25,30). The van der Waals surface area contributed by atoms with Gasteiger partial charge in [0, 0.05) is 34.8 Å². The summed E-state index contributed by atoms with van der Waals surface area (Å²) in [6.07, 6.45) is 4.65. The van der Waals surface area contributed by atoms with Crippen LogP contribution in [-0.2, 0) is 4.79 Å². The summed E-state index contributed by atoms with van der Waals surface area (Å²) in [5.41, 5.74) is 1.47. The molecule has 0 saturated carbocycles. The van der Waals surface area contributed by atoms with Crippen molar-refractivity contribution in [1.82, 2.24) is 20.3 Å². The number of hydroxylamine groups is 1. The number of nitrogens with one attached hydrogen (secondary N) is 3. The predicted octanol–water partition coefficient (Wildman–Crippen LogP) is 1.83. The van der Waals surface area contributed by atoms with Gasteiger partial charge in [-0.2, -0.15) is 0 Å². The van der Waals surface area contributed by atoms with Crippen molar-refractivity contribution >= 4 is 28.4 Å². The van der Waals surface area contributed by atoms with E-state index in [4.69, 9.17) is 5.21 Å². The highest BCUT2D eigenvalue weighted by atomic mass is 16.5. The summed E-state index contributed by atoms with van der Waals surface area (Å²) in [4.78, 5) is 41.8. The normalized spacial score (nSPS) is 15.4. The van der Waals surface area contributed by atoms with E-state index >= 15 is 0 Å². The molecule has 3 heterocycles. The van der Waals surface area contributed by atoms with Crippen LogP contribution in [-0.4, -0.2) is 39.7 Å². The number of rotatable bonds is 4. The minimum absolute atomic E-state index is 0.0934. The molecule has 1 aliphatic rings. The Bertz CT molecular complexity index is 1210. The molecule has 31 heavy (non-hydrogen) atoms. The second kappa shape index (κ2) is 8.29. The molecule has 2 amide bonds. The number of fused-ring (bicyclic) bond motifs is 1. The first-order chi connectivity index (χ1) is 14.9. The van der Waals surface area contributed by atoms with E-state index in [0.29, 0.717) is 22.3 Å². The number of carbonyl (C=O) groups excluding carboxylic acids is 2. The SMILES string of the molecule is CC1(C(=O)Nc2cc(-n3ccc4ccc(C(=O)NO)cc4c3=O)ccn2)CCNCC1. The van der Waals surface area contributed by atoms with Crippen molar-refractivity contribution < 1.29 is 14.8 Å². The topological polar surface area (TPSA) is 125 Å².